The molecule has 0 aromatic heterocycles. The second kappa shape index (κ2) is 10.6. The molecule has 1 N–H and O–H groups in total. The lowest BCUT2D eigenvalue weighted by molar-refractivity contribution is -0.135. The second-order valence-corrected chi connectivity index (χ2v) is 6.66. The molecule has 2 fully saturated rings. The Balaban J connectivity index is 1.82. The summed E-state index contributed by atoms with van der Waals surface area (Å²) in [6, 6.07) is -0.0160. The van der Waals surface area contributed by atoms with Crippen molar-refractivity contribution in [3.63, 3.8) is 0 Å². The number of nitrogens with zero attached hydrogens (tertiary/aromatic N) is 4. The van der Waals surface area contributed by atoms with Gasteiger partial charge >= 0.3 is 0 Å². The summed E-state index contributed by atoms with van der Waals surface area (Å²) in [5.74, 6) is 1.25. The molecule has 7 nitrogen and oxygen atoms in total. The van der Waals surface area contributed by atoms with Crippen molar-refractivity contribution in [2.45, 2.75) is 39.7 Å². The lowest BCUT2D eigenvalue weighted by Crippen LogP contribution is -2.57. The number of likely N-dealkylation sites (tertiary alicyclic amines) is 1. The van der Waals surface area contributed by atoms with Crippen LogP contribution in [0.1, 0.15) is 33.6 Å². The van der Waals surface area contributed by atoms with Crippen LogP contribution >= 0.6 is 0 Å². The molecule has 0 radical (unpaired) electrons. The van der Waals surface area contributed by atoms with Crippen molar-refractivity contribution in [1.29, 1.82) is 0 Å². The fraction of sp³-hybridized carbons (Fsp3) is 0.889. The first-order valence-electron chi connectivity index (χ1n) is 9.81. The third-order valence-corrected chi connectivity index (χ3v) is 4.97. The van der Waals surface area contributed by atoms with Gasteiger partial charge in [-0.1, -0.05) is 0 Å². The minimum Gasteiger partial charge on any atom is -0.380 e. The van der Waals surface area contributed by atoms with Crippen LogP contribution in [0.5, 0.6) is 0 Å². The number of aliphatic imine (C=N–C) groups is 1. The van der Waals surface area contributed by atoms with E-state index in [-0.39, 0.29) is 6.04 Å². The highest BCUT2D eigenvalue weighted by Gasteiger charge is 2.30. The quantitative estimate of drug-likeness (QED) is 0.413. The molecule has 7 heteroatoms. The number of nitrogens with one attached hydrogen (secondary N) is 1. The summed E-state index contributed by atoms with van der Waals surface area (Å²) in [6.07, 6.45) is 2.30. The van der Waals surface area contributed by atoms with Crippen molar-refractivity contribution >= 4 is 11.9 Å². The predicted molar refractivity (Wildman–Crippen MR) is 101 cm³/mol. The van der Waals surface area contributed by atoms with Gasteiger partial charge in [-0.05, 0) is 33.6 Å². The minimum atomic E-state index is -0.0160. The van der Waals surface area contributed by atoms with Crippen LogP contribution in [0.4, 0.5) is 0 Å². The van der Waals surface area contributed by atoms with E-state index in [0.717, 1.165) is 71.2 Å². The van der Waals surface area contributed by atoms with Gasteiger partial charge in [0.1, 0.15) is 0 Å². The maximum absolute atomic E-state index is 12.6. The average Bonchev–Trinajstić information content (AvgIpc) is 3.18. The normalized spacial score (nSPS) is 20.8. The number of carbonyl (C=O) groups excluding carboxylic acids is 1. The molecule has 0 saturated carbocycles. The van der Waals surface area contributed by atoms with Crippen LogP contribution in [0, 0.1) is 0 Å². The molecule has 1 amide bonds. The zero-order valence-corrected chi connectivity index (χ0v) is 16.2. The second-order valence-electron chi connectivity index (χ2n) is 6.66. The van der Waals surface area contributed by atoms with Crippen LogP contribution in [-0.4, -0.2) is 98.2 Å². The van der Waals surface area contributed by atoms with Gasteiger partial charge in [0, 0.05) is 52.4 Å². The topological polar surface area (TPSA) is 60.4 Å². The monoisotopic (exact) mass is 353 g/mol. The van der Waals surface area contributed by atoms with Crippen LogP contribution in [0.3, 0.4) is 0 Å². The number of hydrogen-bond acceptors (Lipinski definition) is 4. The molecular formula is C18H35N5O2. The molecule has 25 heavy (non-hydrogen) atoms. The van der Waals surface area contributed by atoms with Crippen LogP contribution in [0.2, 0.25) is 0 Å². The van der Waals surface area contributed by atoms with E-state index in [9.17, 15) is 4.79 Å². The van der Waals surface area contributed by atoms with Crippen LogP contribution in [-0.2, 0) is 9.53 Å². The van der Waals surface area contributed by atoms with Gasteiger partial charge < -0.3 is 19.9 Å². The smallest absolute Gasteiger partial charge is 0.239 e. The summed E-state index contributed by atoms with van der Waals surface area (Å²) < 4.78 is 5.37. The zero-order valence-electron chi connectivity index (χ0n) is 16.2. The number of piperazine rings is 1. The Kier molecular flexibility index (Phi) is 8.48. The van der Waals surface area contributed by atoms with E-state index in [4.69, 9.17) is 4.74 Å². The molecule has 1 atom stereocenters. The maximum Gasteiger partial charge on any atom is 0.239 e. The summed E-state index contributed by atoms with van der Waals surface area (Å²) >= 11 is 0. The Hall–Kier alpha value is -1.34. The van der Waals surface area contributed by atoms with E-state index in [2.05, 4.69) is 34.0 Å². The molecule has 2 aliphatic rings. The summed E-state index contributed by atoms with van der Waals surface area (Å²) in [7, 11) is 0. The van der Waals surface area contributed by atoms with Gasteiger partial charge in [-0.2, -0.15) is 0 Å². The predicted octanol–water partition coefficient (Wildman–Crippen LogP) is 0.617. The number of amides is 1. The van der Waals surface area contributed by atoms with Gasteiger partial charge in [0.15, 0.2) is 5.96 Å². The van der Waals surface area contributed by atoms with Crippen molar-refractivity contribution in [2.75, 3.05) is 65.6 Å². The number of rotatable bonds is 7. The average molecular weight is 354 g/mol. The Bertz CT molecular complexity index is 429. The van der Waals surface area contributed by atoms with Crippen LogP contribution in [0.15, 0.2) is 4.99 Å². The Labute approximate surface area is 152 Å². The van der Waals surface area contributed by atoms with E-state index >= 15 is 0 Å². The number of ether oxygens (including phenoxy) is 1. The number of hydrogen-bond donors (Lipinski definition) is 1. The highest BCUT2D eigenvalue weighted by Crippen LogP contribution is 2.14. The molecule has 0 aromatic carbocycles. The molecule has 2 saturated heterocycles. The Morgan fingerprint density at radius 3 is 2.36 bits per heavy atom. The SMILES string of the molecule is CCNC(=NCCOCC)N1CCN(C(C)C(=O)N2CCCC2)CC1. The highest BCUT2D eigenvalue weighted by molar-refractivity contribution is 5.82. The van der Waals surface area contributed by atoms with E-state index in [1.54, 1.807) is 0 Å². The van der Waals surface area contributed by atoms with Crippen LogP contribution < -0.4 is 5.32 Å². The van der Waals surface area contributed by atoms with Gasteiger partial charge in [-0.15, -0.1) is 0 Å². The molecule has 0 spiro atoms. The summed E-state index contributed by atoms with van der Waals surface area (Å²) in [5, 5.41) is 3.37. The van der Waals surface area contributed by atoms with Crippen molar-refractivity contribution in [1.82, 2.24) is 20.0 Å². The van der Waals surface area contributed by atoms with Gasteiger partial charge in [0.2, 0.25) is 5.91 Å². The van der Waals surface area contributed by atoms with Crippen molar-refractivity contribution in [3.05, 3.63) is 0 Å². The molecule has 2 rings (SSSR count). The highest BCUT2D eigenvalue weighted by atomic mass is 16.5. The van der Waals surface area contributed by atoms with Gasteiger partial charge in [0.05, 0.1) is 19.2 Å². The Morgan fingerprint density at radius 2 is 1.76 bits per heavy atom. The molecule has 2 aliphatic heterocycles. The summed E-state index contributed by atoms with van der Waals surface area (Å²) in [5.41, 5.74) is 0. The van der Waals surface area contributed by atoms with Crippen LogP contribution in [0.25, 0.3) is 0 Å². The molecular weight excluding hydrogens is 318 g/mol. The van der Waals surface area contributed by atoms with E-state index in [1.165, 1.54) is 0 Å². The fourth-order valence-electron chi connectivity index (χ4n) is 3.47. The van der Waals surface area contributed by atoms with Crippen molar-refractivity contribution < 1.29 is 9.53 Å². The summed E-state index contributed by atoms with van der Waals surface area (Å²) in [6.45, 7) is 14.5. The van der Waals surface area contributed by atoms with Gasteiger partial charge in [0.25, 0.3) is 0 Å². The molecule has 0 aromatic rings. The standard InChI is InChI=1S/C18H35N5O2/c1-4-19-18(20-8-15-25-5-2)23-13-11-21(12-14-23)16(3)17(24)22-9-6-7-10-22/h16H,4-15H2,1-3H3,(H,19,20). The molecule has 2 heterocycles. The molecule has 0 aliphatic carbocycles. The summed E-state index contributed by atoms with van der Waals surface area (Å²) in [4.78, 5) is 23.9. The first kappa shape index (κ1) is 20.0. The molecule has 1 unspecified atom stereocenters. The first-order valence-corrected chi connectivity index (χ1v) is 9.81. The zero-order chi connectivity index (χ0) is 18.1. The lowest BCUT2D eigenvalue weighted by atomic mass is 10.2. The number of carbonyl (C=O) groups is 1. The third-order valence-electron chi connectivity index (χ3n) is 4.97. The number of guanidine groups is 1. The van der Waals surface area contributed by atoms with Gasteiger partial charge in [-0.25, -0.2) is 0 Å². The first-order chi connectivity index (χ1) is 12.2. The van der Waals surface area contributed by atoms with Gasteiger partial charge in [-0.3, -0.25) is 14.7 Å². The Morgan fingerprint density at radius 1 is 1.08 bits per heavy atom. The molecule has 0 bridgehead atoms. The minimum absolute atomic E-state index is 0.0160. The maximum atomic E-state index is 12.6. The van der Waals surface area contributed by atoms with Crippen molar-refractivity contribution in [3.8, 4) is 0 Å². The van der Waals surface area contributed by atoms with E-state index < -0.39 is 0 Å². The van der Waals surface area contributed by atoms with E-state index in [0.29, 0.717) is 19.1 Å². The van der Waals surface area contributed by atoms with Crippen molar-refractivity contribution in [2.24, 2.45) is 4.99 Å². The molecule has 144 valence electrons. The van der Waals surface area contributed by atoms with E-state index in [1.807, 2.05) is 11.8 Å². The lowest BCUT2D eigenvalue weighted by Gasteiger charge is -2.39. The third kappa shape index (κ3) is 5.85. The fourth-order valence-corrected chi connectivity index (χ4v) is 3.47. The largest absolute Gasteiger partial charge is 0.380 e.